The maximum atomic E-state index is 11.9. The second-order valence-corrected chi connectivity index (χ2v) is 4.04. The van der Waals surface area contributed by atoms with E-state index in [0.717, 1.165) is 0 Å². The minimum absolute atomic E-state index is 0.232. The highest BCUT2D eigenvalue weighted by atomic mass is 35.5. The van der Waals surface area contributed by atoms with Gasteiger partial charge in [0.1, 0.15) is 12.4 Å². The molecule has 1 rings (SSSR count). The molecule has 0 aliphatic carbocycles. The van der Waals surface area contributed by atoms with E-state index in [4.69, 9.17) is 22.1 Å². The van der Waals surface area contributed by atoms with E-state index >= 15 is 0 Å². The van der Waals surface area contributed by atoms with Crippen molar-refractivity contribution in [1.82, 2.24) is 0 Å². The van der Waals surface area contributed by atoms with Gasteiger partial charge in [-0.15, -0.1) is 0 Å². The number of halogens is 4. The van der Waals surface area contributed by atoms with Crippen molar-refractivity contribution in [2.24, 2.45) is 5.73 Å². The first-order chi connectivity index (χ1) is 8.33. The monoisotopic (exact) mass is 283 g/mol. The van der Waals surface area contributed by atoms with Gasteiger partial charge in [0.15, 0.2) is 0 Å². The average molecular weight is 284 g/mol. The Labute approximate surface area is 108 Å². The first-order valence-corrected chi connectivity index (χ1v) is 5.45. The number of alkyl halides is 3. The lowest BCUT2D eigenvalue weighted by Crippen LogP contribution is -2.23. The van der Waals surface area contributed by atoms with Crippen LogP contribution in [0.5, 0.6) is 5.75 Å². The molecular formula is C11H13ClF3NO2. The molecule has 0 heterocycles. The van der Waals surface area contributed by atoms with Crippen molar-refractivity contribution >= 4 is 11.6 Å². The number of hydrogen-bond donors (Lipinski definition) is 1. The molecule has 0 aliphatic heterocycles. The van der Waals surface area contributed by atoms with Crippen molar-refractivity contribution in [3.05, 3.63) is 28.8 Å². The van der Waals surface area contributed by atoms with Crippen LogP contribution < -0.4 is 10.5 Å². The third-order valence-electron chi connectivity index (χ3n) is 2.17. The van der Waals surface area contributed by atoms with Crippen LogP contribution >= 0.6 is 11.6 Å². The lowest BCUT2D eigenvalue weighted by molar-refractivity contribution is -0.174. The number of hydrogen-bond acceptors (Lipinski definition) is 3. The van der Waals surface area contributed by atoms with E-state index in [1.165, 1.54) is 7.11 Å². The van der Waals surface area contributed by atoms with Crippen LogP contribution in [-0.4, -0.2) is 26.5 Å². The van der Waals surface area contributed by atoms with Crippen LogP contribution in [0.2, 0.25) is 5.02 Å². The van der Waals surface area contributed by atoms with Gasteiger partial charge in [-0.05, 0) is 17.7 Å². The minimum atomic E-state index is -4.35. The lowest BCUT2D eigenvalue weighted by atomic mass is 10.1. The maximum Gasteiger partial charge on any atom is 0.411 e. The van der Waals surface area contributed by atoms with E-state index < -0.39 is 18.8 Å². The molecule has 7 heteroatoms. The van der Waals surface area contributed by atoms with E-state index in [2.05, 4.69) is 4.74 Å². The summed E-state index contributed by atoms with van der Waals surface area (Å²) in [6.45, 7) is -1.55. The molecule has 102 valence electrons. The second-order valence-electron chi connectivity index (χ2n) is 3.63. The molecule has 0 bridgehead atoms. The van der Waals surface area contributed by atoms with Gasteiger partial charge in [0.2, 0.25) is 0 Å². The van der Waals surface area contributed by atoms with Crippen molar-refractivity contribution in [2.75, 3.05) is 20.3 Å². The summed E-state index contributed by atoms with van der Waals surface area (Å²) in [5.41, 5.74) is 6.30. The summed E-state index contributed by atoms with van der Waals surface area (Å²) in [6, 6.07) is 4.09. The maximum absolute atomic E-state index is 11.9. The van der Waals surface area contributed by atoms with E-state index in [0.29, 0.717) is 16.3 Å². The zero-order valence-electron chi connectivity index (χ0n) is 9.63. The molecule has 1 atom stereocenters. The van der Waals surface area contributed by atoms with E-state index in [1.807, 2.05) is 0 Å². The van der Waals surface area contributed by atoms with Gasteiger partial charge < -0.3 is 15.2 Å². The smallest absolute Gasteiger partial charge is 0.411 e. The Balaban J connectivity index is 2.59. The molecule has 18 heavy (non-hydrogen) atoms. The molecular weight excluding hydrogens is 271 g/mol. The zero-order chi connectivity index (χ0) is 13.8. The Kier molecular flexibility index (Phi) is 5.25. The third-order valence-corrected chi connectivity index (χ3v) is 2.48. The second kappa shape index (κ2) is 6.26. The molecule has 1 aromatic rings. The molecule has 2 N–H and O–H groups in total. The van der Waals surface area contributed by atoms with Crippen LogP contribution in [-0.2, 0) is 4.74 Å². The van der Waals surface area contributed by atoms with Crippen LogP contribution in [0.25, 0.3) is 0 Å². The van der Waals surface area contributed by atoms with E-state index in [9.17, 15) is 13.2 Å². The van der Waals surface area contributed by atoms with Crippen LogP contribution in [0.1, 0.15) is 11.6 Å². The summed E-state index contributed by atoms with van der Waals surface area (Å²) in [6.07, 6.45) is -4.35. The number of nitrogens with two attached hydrogens (primary N) is 1. The SMILES string of the molecule is COc1cc(C(N)COCC(F)(F)F)ccc1Cl. The lowest BCUT2D eigenvalue weighted by Gasteiger charge is -2.15. The Bertz CT molecular complexity index is 398. The fourth-order valence-corrected chi connectivity index (χ4v) is 1.50. The highest BCUT2D eigenvalue weighted by molar-refractivity contribution is 6.32. The molecule has 0 saturated heterocycles. The molecule has 0 aliphatic rings. The standard InChI is InChI=1S/C11H13ClF3NO2/c1-17-10-4-7(2-3-8(10)12)9(16)5-18-6-11(13,14)15/h2-4,9H,5-6,16H2,1H3. The molecule has 0 aromatic heterocycles. The van der Waals surface area contributed by atoms with Crippen LogP contribution in [0, 0.1) is 0 Å². The van der Waals surface area contributed by atoms with Gasteiger partial charge >= 0.3 is 6.18 Å². The minimum Gasteiger partial charge on any atom is -0.495 e. The third kappa shape index (κ3) is 4.72. The van der Waals surface area contributed by atoms with Gasteiger partial charge in [-0.2, -0.15) is 13.2 Å². The summed E-state index contributed by atoms with van der Waals surface area (Å²) in [4.78, 5) is 0. The van der Waals surface area contributed by atoms with Gasteiger partial charge in [-0.3, -0.25) is 0 Å². The first kappa shape index (κ1) is 15.1. The Morgan fingerprint density at radius 2 is 2.06 bits per heavy atom. The number of benzene rings is 1. The number of ether oxygens (including phenoxy) is 2. The normalized spacial score (nSPS) is 13.4. The molecule has 0 radical (unpaired) electrons. The Morgan fingerprint density at radius 3 is 2.61 bits per heavy atom. The molecule has 0 saturated carbocycles. The topological polar surface area (TPSA) is 44.5 Å². The molecule has 0 amide bonds. The van der Waals surface area contributed by atoms with Gasteiger partial charge in [-0.1, -0.05) is 17.7 Å². The van der Waals surface area contributed by atoms with Crippen molar-refractivity contribution in [3.8, 4) is 5.75 Å². The fourth-order valence-electron chi connectivity index (χ4n) is 1.30. The van der Waals surface area contributed by atoms with Crippen LogP contribution in [0.3, 0.4) is 0 Å². The number of rotatable bonds is 5. The van der Waals surface area contributed by atoms with Crippen LogP contribution in [0.15, 0.2) is 18.2 Å². The highest BCUT2D eigenvalue weighted by Gasteiger charge is 2.27. The van der Waals surface area contributed by atoms with Gasteiger partial charge in [0, 0.05) is 0 Å². The van der Waals surface area contributed by atoms with Gasteiger partial charge in [0.25, 0.3) is 0 Å². The fraction of sp³-hybridized carbons (Fsp3) is 0.455. The summed E-state index contributed by atoms with van der Waals surface area (Å²) >= 11 is 5.82. The molecule has 1 unspecified atom stereocenters. The predicted octanol–water partition coefficient (Wildman–Crippen LogP) is 2.93. The highest BCUT2D eigenvalue weighted by Crippen LogP contribution is 2.27. The van der Waals surface area contributed by atoms with Crippen molar-refractivity contribution in [1.29, 1.82) is 0 Å². The predicted molar refractivity (Wildman–Crippen MR) is 61.8 cm³/mol. The Morgan fingerprint density at radius 1 is 1.39 bits per heavy atom. The summed E-state index contributed by atoms with van der Waals surface area (Å²) < 4.78 is 45.1. The largest absolute Gasteiger partial charge is 0.495 e. The quantitative estimate of drug-likeness (QED) is 0.904. The zero-order valence-corrected chi connectivity index (χ0v) is 10.4. The molecule has 0 spiro atoms. The number of methoxy groups -OCH3 is 1. The van der Waals surface area contributed by atoms with E-state index in [-0.39, 0.29) is 6.61 Å². The van der Waals surface area contributed by atoms with Gasteiger partial charge in [0.05, 0.1) is 24.8 Å². The van der Waals surface area contributed by atoms with Crippen molar-refractivity contribution < 1.29 is 22.6 Å². The molecule has 0 fully saturated rings. The van der Waals surface area contributed by atoms with Gasteiger partial charge in [-0.25, -0.2) is 0 Å². The summed E-state index contributed by atoms with van der Waals surface area (Å²) in [7, 11) is 1.44. The average Bonchev–Trinajstić information content (AvgIpc) is 2.27. The van der Waals surface area contributed by atoms with Crippen LogP contribution in [0.4, 0.5) is 13.2 Å². The summed E-state index contributed by atoms with van der Waals surface area (Å²) in [5.74, 6) is 0.417. The van der Waals surface area contributed by atoms with Crippen molar-refractivity contribution in [3.63, 3.8) is 0 Å². The Hall–Kier alpha value is -0.980. The first-order valence-electron chi connectivity index (χ1n) is 5.07. The molecule has 1 aromatic carbocycles. The summed E-state index contributed by atoms with van der Waals surface area (Å²) in [5, 5.41) is 0.407. The van der Waals surface area contributed by atoms with Crippen molar-refractivity contribution in [2.45, 2.75) is 12.2 Å². The van der Waals surface area contributed by atoms with E-state index in [1.54, 1.807) is 18.2 Å². The molecule has 3 nitrogen and oxygen atoms in total.